The minimum Gasteiger partial charge on any atom is -0.475 e. The van der Waals surface area contributed by atoms with Crippen molar-refractivity contribution in [1.82, 2.24) is 15.3 Å². The minimum absolute atomic E-state index is 0.137. The van der Waals surface area contributed by atoms with Crippen LogP contribution in [0.5, 0.6) is 5.88 Å². The molecule has 0 bridgehead atoms. The molecule has 1 saturated heterocycles. The first kappa shape index (κ1) is 13.1. The van der Waals surface area contributed by atoms with Crippen LogP contribution in [-0.4, -0.2) is 41.7 Å². The number of hydrogen-bond donors (Lipinski definition) is 1. The van der Waals surface area contributed by atoms with E-state index in [9.17, 15) is 0 Å². The van der Waals surface area contributed by atoms with Crippen molar-refractivity contribution in [3.63, 3.8) is 0 Å². The van der Waals surface area contributed by atoms with Crippen molar-refractivity contribution in [3.05, 3.63) is 12.4 Å². The van der Waals surface area contributed by atoms with Gasteiger partial charge in [0.25, 0.3) is 0 Å². The van der Waals surface area contributed by atoms with Crippen LogP contribution in [0.4, 0.5) is 5.82 Å². The highest BCUT2D eigenvalue weighted by atomic mass is 16.5. The first-order valence-electron chi connectivity index (χ1n) is 6.66. The van der Waals surface area contributed by atoms with E-state index < -0.39 is 0 Å². The van der Waals surface area contributed by atoms with E-state index >= 15 is 0 Å². The zero-order valence-electron chi connectivity index (χ0n) is 11.4. The molecule has 1 unspecified atom stereocenters. The Kier molecular flexibility index (Phi) is 4.36. The Morgan fingerprint density at radius 1 is 1.50 bits per heavy atom. The number of anilines is 1. The van der Waals surface area contributed by atoms with E-state index in [1.807, 2.05) is 19.9 Å². The number of aromatic nitrogens is 2. The van der Waals surface area contributed by atoms with Crippen LogP contribution in [-0.2, 0) is 0 Å². The number of nitrogens with zero attached hydrogens (tertiary/aromatic N) is 3. The highest BCUT2D eigenvalue weighted by molar-refractivity contribution is 5.42. The van der Waals surface area contributed by atoms with E-state index in [2.05, 4.69) is 27.1 Å². The summed E-state index contributed by atoms with van der Waals surface area (Å²) in [4.78, 5) is 10.9. The summed E-state index contributed by atoms with van der Waals surface area (Å²) in [5, 5.41) is 3.42. The van der Waals surface area contributed by atoms with E-state index in [1.165, 1.54) is 0 Å². The molecule has 2 rings (SSSR count). The van der Waals surface area contributed by atoms with Crippen molar-refractivity contribution in [1.29, 1.82) is 0 Å². The zero-order chi connectivity index (χ0) is 13.0. The third kappa shape index (κ3) is 3.10. The van der Waals surface area contributed by atoms with Crippen LogP contribution in [0.15, 0.2) is 12.4 Å². The molecule has 100 valence electrons. The van der Waals surface area contributed by atoms with Crippen molar-refractivity contribution in [3.8, 4) is 5.88 Å². The lowest BCUT2D eigenvalue weighted by atomic mass is 10.1. The second kappa shape index (κ2) is 6.00. The summed E-state index contributed by atoms with van der Waals surface area (Å²) in [5.74, 6) is 1.62. The lowest BCUT2D eigenvalue weighted by Crippen LogP contribution is -2.51. The lowest BCUT2D eigenvalue weighted by molar-refractivity contribution is 0.232. The number of piperazine rings is 1. The highest BCUT2D eigenvalue weighted by Gasteiger charge is 2.22. The number of ether oxygens (including phenoxy) is 1. The average molecular weight is 250 g/mol. The van der Waals surface area contributed by atoms with Gasteiger partial charge in [0.1, 0.15) is 12.1 Å². The molecule has 1 fully saturated rings. The van der Waals surface area contributed by atoms with Crippen molar-refractivity contribution in [2.24, 2.45) is 0 Å². The third-order valence-corrected chi connectivity index (χ3v) is 3.10. The van der Waals surface area contributed by atoms with Gasteiger partial charge in [-0.2, -0.15) is 0 Å². The summed E-state index contributed by atoms with van der Waals surface area (Å²) in [6, 6.07) is 2.44. The van der Waals surface area contributed by atoms with Gasteiger partial charge in [-0.25, -0.2) is 9.97 Å². The summed E-state index contributed by atoms with van der Waals surface area (Å²) >= 11 is 0. The van der Waals surface area contributed by atoms with Crippen molar-refractivity contribution in [2.75, 3.05) is 24.5 Å². The van der Waals surface area contributed by atoms with Crippen LogP contribution in [0.3, 0.4) is 0 Å². The second-order valence-electron chi connectivity index (χ2n) is 4.84. The van der Waals surface area contributed by atoms with E-state index in [0.717, 1.165) is 31.9 Å². The third-order valence-electron chi connectivity index (χ3n) is 3.10. The number of nitrogens with one attached hydrogen (secondary N) is 1. The molecular formula is C13H22N4O. The minimum atomic E-state index is 0.137. The molecule has 0 spiro atoms. The SMILES string of the molecule is CCC1CNCCN1c1cc(OC(C)C)ncn1. The quantitative estimate of drug-likeness (QED) is 0.876. The van der Waals surface area contributed by atoms with Crippen LogP contribution in [0.1, 0.15) is 27.2 Å². The Hall–Kier alpha value is -1.36. The molecule has 0 aliphatic carbocycles. The normalized spacial score (nSPS) is 20.2. The predicted octanol–water partition coefficient (Wildman–Crippen LogP) is 1.45. The summed E-state index contributed by atoms with van der Waals surface area (Å²) < 4.78 is 5.62. The largest absolute Gasteiger partial charge is 0.475 e. The highest BCUT2D eigenvalue weighted by Crippen LogP contribution is 2.20. The topological polar surface area (TPSA) is 50.3 Å². The number of hydrogen-bond acceptors (Lipinski definition) is 5. The Labute approximate surface area is 109 Å². The summed E-state index contributed by atoms with van der Waals surface area (Å²) in [5.41, 5.74) is 0. The molecule has 1 atom stereocenters. The fourth-order valence-corrected chi connectivity index (χ4v) is 2.22. The van der Waals surface area contributed by atoms with Gasteiger partial charge < -0.3 is 15.0 Å². The fourth-order valence-electron chi connectivity index (χ4n) is 2.22. The van der Waals surface area contributed by atoms with Gasteiger partial charge in [-0.05, 0) is 20.3 Å². The van der Waals surface area contributed by atoms with Gasteiger partial charge in [-0.3, -0.25) is 0 Å². The zero-order valence-corrected chi connectivity index (χ0v) is 11.4. The Bertz CT molecular complexity index is 383. The summed E-state index contributed by atoms with van der Waals surface area (Å²) in [7, 11) is 0. The molecule has 1 aliphatic rings. The standard InChI is InChI=1S/C13H22N4O/c1-4-11-8-14-5-6-17(11)12-7-13(16-9-15-12)18-10(2)3/h7,9-11,14H,4-6,8H2,1-3H3. The van der Waals surface area contributed by atoms with Gasteiger partial charge in [0.05, 0.1) is 6.10 Å². The molecular weight excluding hydrogens is 228 g/mol. The van der Waals surface area contributed by atoms with Gasteiger partial charge >= 0.3 is 0 Å². The van der Waals surface area contributed by atoms with Gasteiger partial charge in [-0.1, -0.05) is 6.92 Å². The molecule has 1 N–H and O–H groups in total. The predicted molar refractivity (Wildman–Crippen MR) is 72.1 cm³/mol. The first-order chi connectivity index (χ1) is 8.70. The maximum Gasteiger partial charge on any atom is 0.218 e. The monoisotopic (exact) mass is 250 g/mol. The van der Waals surface area contributed by atoms with Crippen LogP contribution in [0.25, 0.3) is 0 Å². The van der Waals surface area contributed by atoms with Crippen LogP contribution < -0.4 is 15.0 Å². The van der Waals surface area contributed by atoms with Crippen molar-refractivity contribution < 1.29 is 4.74 Å². The molecule has 1 aliphatic heterocycles. The molecule has 0 radical (unpaired) electrons. The lowest BCUT2D eigenvalue weighted by Gasteiger charge is -2.36. The van der Waals surface area contributed by atoms with Crippen LogP contribution in [0.2, 0.25) is 0 Å². The average Bonchev–Trinajstić information content (AvgIpc) is 2.38. The van der Waals surface area contributed by atoms with Gasteiger partial charge in [0, 0.05) is 31.7 Å². The molecule has 2 heterocycles. The molecule has 1 aromatic rings. The maximum atomic E-state index is 5.62. The Balaban J connectivity index is 2.15. The van der Waals surface area contributed by atoms with Gasteiger partial charge in [-0.15, -0.1) is 0 Å². The molecule has 0 amide bonds. The van der Waals surface area contributed by atoms with Crippen molar-refractivity contribution >= 4 is 5.82 Å². The molecule has 0 saturated carbocycles. The van der Waals surface area contributed by atoms with Crippen molar-refractivity contribution in [2.45, 2.75) is 39.3 Å². The fraction of sp³-hybridized carbons (Fsp3) is 0.692. The van der Waals surface area contributed by atoms with E-state index in [-0.39, 0.29) is 6.10 Å². The van der Waals surface area contributed by atoms with Crippen LogP contribution in [0, 0.1) is 0 Å². The molecule has 0 aromatic carbocycles. The molecule has 1 aromatic heterocycles. The van der Waals surface area contributed by atoms with Gasteiger partial charge in [0.15, 0.2) is 0 Å². The van der Waals surface area contributed by atoms with E-state index in [4.69, 9.17) is 4.74 Å². The molecule has 18 heavy (non-hydrogen) atoms. The second-order valence-corrected chi connectivity index (χ2v) is 4.84. The summed E-state index contributed by atoms with van der Waals surface area (Å²) in [6.07, 6.45) is 2.83. The molecule has 5 nitrogen and oxygen atoms in total. The number of rotatable bonds is 4. The Morgan fingerprint density at radius 3 is 3.06 bits per heavy atom. The first-order valence-corrected chi connectivity index (χ1v) is 6.66. The van der Waals surface area contributed by atoms with E-state index in [0.29, 0.717) is 11.9 Å². The molecule has 5 heteroatoms. The van der Waals surface area contributed by atoms with E-state index in [1.54, 1.807) is 6.33 Å². The van der Waals surface area contributed by atoms with Crippen LogP contribution >= 0.6 is 0 Å². The smallest absolute Gasteiger partial charge is 0.218 e. The van der Waals surface area contributed by atoms with Gasteiger partial charge in [0.2, 0.25) is 5.88 Å². The Morgan fingerprint density at radius 2 is 2.33 bits per heavy atom. The summed E-state index contributed by atoms with van der Waals surface area (Å²) in [6.45, 7) is 9.21. The maximum absolute atomic E-state index is 5.62.